The molecule has 1 aromatic heterocycles. The highest BCUT2D eigenvalue weighted by molar-refractivity contribution is 6.06. The van der Waals surface area contributed by atoms with Gasteiger partial charge in [-0.3, -0.25) is 4.79 Å². The third-order valence-electron chi connectivity index (χ3n) is 6.19. The molecule has 31 heavy (non-hydrogen) atoms. The fraction of sp³-hybridized carbons (Fsp3) is 0.375. The molecule has 1 fully saturated rings. The molecule has 1 amide bonds. The van der Waals surface area contributed by atoms with E-state index in [-0.39, 0.29) is 5.91 Å². The second-order valence-corrected chi connectivity index (χ2v) is 8.29. The van der Waals surface area contributed by atoms with E-state index in [2.05, 4.69) is 32.1 Å². The van der Waals surface area contributed by atoms with Gasteiger partial charge in [-0.1, -0.05) is 18.2 Å². The topological polar surface area (TPSA) is 70.6 Å². The predicted octanol–water partition coefficient (Wildman–Crippen LogP) is 2.73. The number of anilines is 1. The first-order chi connectivity index (χ1) is 15.2. The van der Waals surface area contributed by atoms with E-state index in [4.69, 9.17) is 4.74 Å². The van der Waals surface area contributed by atoms with E-state index < -0.39 is 5.92 Å². The summed E-state index contributed by atoms with van der Waals surface area (Å²) >= 11 is 0. The van der Waals surface area contributed by atoms with Crippen LogP contribution in [0.1, 0.15) is 23.6 Å². The van der Waals surface area contributed by atoms with Crippen molar-refractivity contribution < 1.29 is 9.53 Å². The van der Waals surface area contributed by atoms with Crippen LogP contribution in [-0.4, -0.2) is 72.1 Å². The molecule has 1 atom stereocenters. The van der Waals surface area contributed by atoms with E-state index >= 15 is 0 Å². The number of nitrogens with one attached hydrogen (secondary N) is 1. The second-order valence-electron chi connectivity index (χ2n) is 8.29. The highest BCUT2D eigenvalue weighted by atomic mass is 16.5. The Morgan fingerprint density at radius 2 is 1.94 bits per heavy atom. The summed E-state index contributed by atoms with van der Waals surface area (Å²) in [5.74, 6) is 0.328. The zero-order chi connectivity index (χ0) is 21.2. The van der Waals surface area contributed by atoms with Gasteiger partial charge in [0.05, 0.1) is 17.8 Å². The predicted molar refractivity (Wildman–Crippen MR) is 121 cm³/mol. The van der Waals surface area contributed by atoms with Gasteiger partial charge in [-0.05, 0) is 37.2 Å². The average molecular weight is 418 g/mol. The Hall–Kier alpha value is -3.03. The molecule has 0 bridgehead atoms. The lowest BCUT2D eigenvalue weighted by atomic mass is 9.94. The van der Waals surface area contributed by atoms with Crippen molar-refractivity contribution in [2.75, 3.05) is 51.7 Å². The van der Waals surface area contributed by atoms with Gasteiger partial charge in [0.1, 0.15) is 18.0 Å². The van der Waals surface area contributed by atoms with Crippen LogP contribution in [0.3, 0.4) is 0 Å². The van der Waals surface area contributed by atoms with Gasteiger partial charge in [0.15, 0.2) is 0 Å². The van der Waals surface area contributed by atoms with Gasteiger partial charge < -0.3 is 19.9 Å². The number of nitrogens with zero attached hydrogens (tertiary/aromatic N) is 4. The summed E-state index contributed by atoms with van der Waals surface area (Å²) in [5.41, 5.74) is 3.33. The van der Waals surface area contributed by atoms with Crippen molar-refractivity contribution in [2.24, 2.45) is 0 Å². The lowest BCUT2D eigenvalue weighted by Crippen LogP contribution is -2.44. The third-order valence-corrected chi connectivity index (χ3v) is 6.19. The average Bonchev–Trinajstić information content (AvgIpc) is 3.13. The number of hydrogen-bond acceptors (Lipinski definition) is 6. The van der Waals surface area contributed by atoms with Crippen molar-refractivity contribution in [3.05, 3.63) is 60.0 Å². The number of amides is 1. The van der Waals surface area contributed by atoms with Crippen LogP contribution in [0.25, 0.3) is 10.9 Å². The molecule has 1 N–H and O–H groups in total. The molecule has 7 heteroatoms. The van der Waals surface area contributed by atoms with Crippen LogP contribution in [0.5, 0.6) is 5.75 Å². The molecule has 1 unspecified atom stereocenters. The van der Waals surface area contributed by atoms with E-state index in [1.807, 2.05) is 42.5 Å². The largest absolute Gasteiger partial charge is 0.493 e. The van der Waals surface area contributed by atoms with Crippen molar-refractivity contribution in [3.8, 4) is 5.75 Å². The zero-order valence-corrected chi connectivity index (χ0v) is 17.8. The molecule has 3 aromatic rings. The summed E-state index contributed by atoms with van der Waals surface area (Å²) in [5, 5.41) is 3.83. The maximum absolute atomic E-state index is 12.7. The summed E-state index contributed by atoms with van der Waals surface area (Å²) in [6.45, 7) is 6.26. The summed E-state index contributed by atoms with van der Waals surface area (Å²) < 4.78 is 5.99. The minimum Gasteiger partial charge on any atom is -0.493 e. The van der Waals surface area contributed by atoms with Gasteiger partial charge in [0.2, 0.25) is 5.91 Å². The molecule has 5 rings (SSSR count). The van der Waals surface area contributed by atoms with E-state index in [1.54, 1.807) is 0 Å². The van der Waals surface area contributed by atoms with E-state index in [0.29, 0.717) is 6.61 Å². The van der Waals surface area contributed by atoms with Crippen molar-refractivity contribution in [2.45, 2.75) is 12.3 Å². The van der Waals surface area contributed by atoms with Gasteiger partial charge in [-0.15, -0.1) is 0 Å². The monoisotopic (exact) mass is 417 g/mol. The minimum absolute atomic E-state index is 0.0505. The number of carbonyl (C=O) groups excluding carboxylic acids is 1. The van der Waals surface area contributed by atoms with E-state index in [9.17, 15) is 4.79 Å². The molecule has 0 radical (unpaired) electrons. The van der Waals surface area contributed by atoms with Gasteiger partial charge in [-0.2, -0.15) is 0 Å². The highest BCUT2D eigenvalue weighted by Gasteiger charge is 2.33. The van der Waals surface area contributed by atoms with Gasteiger partial charge in [0, 0.05) is 49.9 Å². The summed E-state index contributed by atoms with van der Waals surface area (Å²) in [7, 11) is 2.17. The van der Waals surface area contributed by atoms with Crippen LogP contribution >= 0.6 is 0 Å². The fourth-order valence-electron chi connectivity index (χ4n) is 4.41. The van der Waals surface area contributed by atoms with Crippen molar-refractivity contribution >= 4 is 22.5 Å². The number of hydrogen-bond donors (Lipinski definition) is 1. The smallest absolute Gasteiger partial charge is 0.238 e. The quantitative estimate of drug-likeness (QED) is 0.622. The standard InChI is InChI=1S/C24H27N5O2/c1-28-10-12-29(13-11-28)9-4-14-31-17-7-8-19-21(15-17)25-16-26-23(19)22-18-5-2-3-6-20(18)27-24(22)30/h2-3,5-8,15-16,22H,4,9-14H2,1H3,(H,27,30). The van der Waals surface area contributed by atoms with Crippen LogP contribution in [0, 0.1) is 0 Å². The van der Waals surface area contributed by atoms with E-state index in [1.165, 1.54) is 6.33 Å². The first kappa shape index (κ1) is 19.9. The first-order valence-corrected chi connectivity index (χ1v) is 10.9. The molecule has 2 aromatic carbocycles. The Bertz CT molecular complexity index is 1090. The molecule has 7 nitrogen and oxygen atoms in total. The lowest BCUT2D eigenvalue weighted by Gasteiger charge is -2.32. The van der Waals surface area contributed by atoms with Crippen molar-refractivity contribution in [3.63, 3.8) is 0 Å². The fourth-order valence-corrected chi connectivity index (χ4v) is 4.41. The molecule has 2 aliphatic heterocycles. The Balaban J connectivity index is 1.28. The maximum Gasteiger partial charge on any atom is 0.238 e. The number of para-hydroxylation sites is 1. The number of ether oxygens (including phenoxy) is 1. The minimum atomic E-state index is -0.419. The maximum atomic E-state index is 12.7. The van der Waals surface area contributed by atoms with Crippen LogP contribution in [-0.2, 0) is 4.79 Å². The third kappa shape index (κ3) is 4.11. The van der Waals surface area contributed by atoms with E-state index in [0.717, 1.165) is 72.7 Å². The molecular formula is C24H27N5O2. The van der Waals surface area contributed by atoms with Gasteiger partial charge >= 0.3 is 0 Å². The number of benzene rings is 2. The summed E-state index contributed by atoms with van der Waals surface area (Å²) in [6.07, 6.45) is 2.53. The Kier molecular flexibility index (Phi) is 5.53. The number of fused-ring (bicyclic) bond motifs is 2. The molecule has 2 aliphatic rings. The van der Waals surface area contributed by atoms with Crippen LogP contribution < -0.4 is 10.1 Å². The zero-order valence-electron chi connectivity index (χ0n) is 17.8. The number of rotatable bonds is 6. The Labute approximate surface area is 182 Å². The molecule has 0 aliphatic carbocycles. The van der Waals surface area contributed by atoms with Crippen molar-refractivity contribution in [1.82, 2.24) is 19.8 Å². The molecule has 0 spiro atoms. The van der Waals surface area contributed by atoms with Crippen molar-refractivity contribution in [1.29, 1.82) is 0 Å². The normalized spacial score (nSPS) is 19.4. The molecule has 0 saturated carbocycles. The Morgan fingerprint density at radius 3 is 2.81 bits per heavy atom. The second kappa shape index (κ2) is 8.61. The number of piperazine rings is 1. The molecule has 160 valence electrons. The number of aromatic nitrogens is 2. The molecule has 1 saturated heterocycles. The summed E-state index contributed by atoms with van der Waals surface area (Å²) in [6, 6.07) is 13.6. The Morgan fingerprint density at radius 1 is 1.10 bits per heavy atom. The highest BCUT2D eigenvalue weighted by Crippen LogP contribution is 2.38. The first-order valence-electron chi connectivity index (χ1n) is 10.9. The van der Waals surface area contributed by atoms with Crippen LogP contribution in [0.4, 0.5) is 5.69 Å². The molecule has 3 heterocycles. The lowest BCUT2D eigenvalue weighted by molar-refractivity contribution is -0.116. The summed E-state index contributed by atoms with van der Waals surface area (Å²) in [4.78, 5) is 26.4. The number of carbonyl (C=O) groups is 1. The number of likely N-dealkylation sites (N-methyl/N-ethyl adjacent to an activating group) is 1. The van der Waals surface area contributed by atoms with Crippen LogP contribution in [0.2, 0.25) is 0 Å². The van der Waals surface area contributed by atoms with Gasteiger partial charge in [-0.25, -0.2) is 9.97 Å². The van der Waals surface area contributed by atoms with Gasteiger partial charge in [0.25, 0.3) is 0 Å². The molecular weight excluding hydrogens is 390 g/mol. The SMILES string of the molecule is CN1CCN(CCCOc2ccc3c(C4C(=O)Nc5ccccc54)ncnc3c2)CC1. The van der Waals surface area contributed by atoms with Crippen LogP contribution in [0.15, 0.2) is 48.8 Å².